The van der Waals surface area contributed by atoms with Gasteiger partial charge in [-0.15, -0.1) is 0 Å². The maximum absolute atomic E-state index is 15.2. The van der Waals surface area contributed by atoms with Crippen LogP contribution in [0.15, 0.2) is 60.7 Å². The van der Waals surface area contributed by atoms with Gasteiger partial charge in [-0.05, 0) is 31.5 Å². The third kappa shape index (κ3) is 6.07. The van der Waals surface area contributed by atoms with Crippen LogP contribution in [0, 0.1) is 0 Å². The summed E-state index contributed by atoms with van der Waals surface area (Å²) in [5, 5.41) is 10.2. The van der Waals surface area contributed by atoms with Crippen LogP contribution in [0.1, 0.15) is 29.8 Å². The average Bonchev–Trinajstić information content (AvgIpc) is 3.12. The Morgan fingerprint density at radius 3 is 2.35 bits per heavy atom. The molecule has 2 aromatic carbocycles. The maximum atomic E-state index is 15.2. The van der Waals surface area contributed by atoms with Crippen LogP contribution in [0.25, 0.3) is 0 Å². The molecule has 3 atom stereocenters. The second-order valence-corrected chi connectivity index (χ2v) is 7.74. The molecule has 1 heterocycles. The molecule has 0 spiro atoms. The first-order valence-corrected chi connectivity index (χ1v) is 9.94. The fourth-order valence-corrected chi connectivity index (χ4v) is 3.20. The predicted octanol–water partition coefficient (Wildman–Crippen LogP) is 3.58. The molecule has 1 unspecified atom stereocenters. The number of carbonyl (C=O) groups excluding carboxylic acids is 1. The van der Waals surface area contributed by atoms with E-state index in [1.807, 2.05) is 0 Å². The molecule has 1 aliphatic heterocycles. The molecule has 1 N–H and O–H groups in total. The van der Waals surface area contributed by atoms with Gasteiger partial charge >= 0.3 is 11.9 Å². The molecule has 2 aromatic rings. The van der Waals surface area contributed by atoms with E-state index < -0.39 is 42.6 Å². The Hall–Kier alpha value is -2.39. The molecule has 0 bridgehead atoms. The fourth-order valence-electron chi connectivity index (χ4n) is 3.20. The van der Waals surface area contributed by atoms with Gasteiger partial charge in [-0.3, -0.25) is 0 Å². The summed E-state index contributed by atoms with van der Waals surface area (Å²) in [5.41, 5.74) is 0.885. The molecule has 1 fully saturated rings. The van der Waals surface area contributed by atoms with Gasteiger partial charge in [0, 0.05) is 0 Å². The standard InChI is InChI=1S/C23H26F2O6/c1-22(2)30-14-18(31-22)20(28-13-16-9-5-3-6-10-16)23(24,25)19(26)15-29-21(27)17-11-7-4-8-12-17/h3-12,18-20,26H,13-15H2,1-2H3/t18-,19-,20?/m1/s1. The number of halogens is 2. The van der Waals surface area contributed by atoms with Crippen LogP contribution in [0.4, 0.5) is 8.78 Å². The van der Waals surface area contributed by atoms with Crippen molar-refractivity contribution in [3.63, 3.8) is 0 Å². The number of carbonyl (C=O) groups is 1. The van der Waals surface area contributed by atoms with E-state index in [0.717, 1.165) is 0 Å². The van der Waals surface area contributed by atoms with E-state index >= 15 is 8.78 Å². The zero-order chi connectivity index (χ0) is 22.5. The van der Waals surface area contributed by atoms with Gasteiger partial charge in [0.2, 0.25) is 0 Å². The Morgan fingerprint density at radius 2 is 1.77 bits per heavy atom. The molecule has 31 heavy (non-hydrogen) atoms. The van der Waals surface area contributed by atoms with Crippen molar-refractivity contribution in [1.29, 1.82) is 0 Å². The van der Waals surface area contributed by atoms with E-state index in [9.17, 15) is 9.90 Å². The lowest BCUT2D eigenvalue weighted by Crippen LogP contribution is -2.54. The average molecular weight is 436 g/mol. The number of alkyl halides is 2. The topological polar surface area (TPSA) is 74.2 Å². The number of aliphatic hydroxyl groups is 1. The van der Waals surface area contributed by atoms with E-state index in [1.54, 1.807) is 62.4 Å². The van der Waals surface area contributed by atoms with Crippen LogP contribution in [0.2, 0.25) is 0 Å². The van der Waals surface area contributed by atoms with Crippen LogP contribution in [-0.4, -0.2) is 54.3 Å². The number of aliphatic hydroxyl groups excluding tert-OH is 1. The van der Waals surface area contributed by atoms with E-state index in [1.165, 1.54) is 12.1 Å². The van der Waals surface area contributed by atoms with Crippen molar-refractivity contribution < 1.29 is 37.6 Å². The van der Waals surface area contributed by atoms with Gasteiger partial charge in [0.05, 0.1) is 18.8 Å². The Labute approximate surface area is 179 Å². The van der Waals surface area contributed by atoms with Crippen molar-refractivity contribution in [2.45, 2.75) is 50.5 Å². The molecular weight excluding hydrogens is 410 g/mol. The normalized spacial score (nSPS) is 20.2. The lowest BCUT2D eigenvalue weighted by Gasteiger charge is -2.33. The SMILES string of the molecule is CC1(C)OC[C@H](C(OCc2ccccc2)C(F)(F)[C@H](O)COC(=O)c2ccccc2)O1. The molecule has 0 saturated carbocycles. The van der Waals surface area contributed by atoms with Crippen molar-refractivity contribution in [1.82, 2.24) is 0 Å². The quantitative estimate of drug-likeness (QED) is 0.606. The molecule has 0 aliphatic carbocycles. The summed E-state index contributed by atoms with van der Waals surface area (Å²) in [4.78, 5) is 12.0. The minimum absolute atomic E-state index is 0.113. The minimum atomic E-state index is -3.78. The summed E-state index contributed by atoms with van der Waals surface area (Å²) in [5.74, 6) is -5.64. The van der Waals surface area contributed by atoms with Gasteiger partial charge in [0.1, 0.15) is 12.7 Å². The minimum Gasteiger partial charge on any atom is -0.459 e. The van der Waals surface area contributed by atoms with Crippen molar-refractivity contribution in [3.05, 3.63) is 71.8 Å². The highest BCUT2D eigenvalue weighted by Crippen LogP contribution is 2.35. The van der Waals surface area contributed by atoms with Crippen molar-refractivity contribution in [2.75, 3.05) is 13.2 Å². The van der Waals surface area contributed by atoms with Crippen molar-refractivity contribution in [3.8, 4) is 0 Å². The highest BCUT2D eigenvalue weighted by molar-refractivity contribution is 5.89. The lowest BCUT2D eigenvalue weighted by molar-refractivity contribution is -0.242. The van der Waals surface area contributed by atoms with Gasteiger partial charge in [0.15, 0.2) is 18.0 Å². The molecule has 1 aliphatic rings. The van der Waals surface area contributed by atoms with Gasteiger partial charge in [-0.1, -0.05) is 48.5 Å². The maximum Gasteiger partial charge on any atom is 0.338 e. The third-order valence-electron chi connectivity index (χ3n) is 4.85. The van der Waals surface area contributed by atoms with Gasteiger partial charge < -0.3 is 24.1 Å². The predicted molar refractivity (Wildman–Crippen MR) is 108 cm³/mol. The first-order valence-electron chi connectivity index (χ1n) is 9.94. The van der Waals surface area contributed by atoms with Crippen LogP contribution < -0.4 is 0 Å². The smallest absolute Gasteiger partial charge is 0.338 e. The number of esters is 1. The van der Waals surface area contributed by atoms with E-state index in [0.29, 0.717) is 5.56 Å². The Morgan fingerprint density at radius 1 is 1.16 bits per heavy atom. The van der Waals surface area contributed by atoms with Crippen molar-refractivity contribution >= 4 is 5.97 Å². The molecule has 168 valence electrons. The largest absolute Gasteiger partial charge is 0.459 e. The summed E-state index contributed by atoms with van der Waals surface area (Å²) in [6.45, 7) is 2.08. The second-order valence-electron chi connectivity index (χ2n) is 7.74. The highest BCUT2D eigenvalue weighted by atomic mass is 19.3. The molecular formula is C23H26F2O6. The zero-order valence-corrected chi connectivity index (χ0v) is 17.4. The molecule has 1 saturated heterocycles. The van der Waals surface area contributed by atoms with Crippen LogP contribution in [0.5, 0.6) is 0 Å². The number of ether oxygens (including phenoxy) is 4. The van der Waals surface area contributed by atoms with Gasteiger partial charge in [-0.2, -0.15) is 0 Å². The Bertz CT molecular complexity index is 844. The van der Waals surface area contributed by atoms with Crippen LogP contribution in [0.3, 0.4) is 0 Å². The summed E-state index contributed by atoms with van der Waals surface area (Å²) < 4.78 is 51.9. The summed E-state index contributed by atoms with van der Waals surface area (Å²) in [7, 11) is 0. The molecule has 8 heteroatoms. The third-order valence-corrected chi connectivity index (χ3v) is 4.85. The molecule has 3 rings (SSSR count). The number of hydrogen-bond acceptors (Lipinski definition) is 6. The number of rotatable bonds is 9. The number of benzene rings is 2. The van der Waals surface area contributed by atoms with E-state index in [4.69, 9.17) is 18.9 Å². The first-order chi connectivity index (χ1) is 14.7. The molecule has 0 aromatic heterocycles. The monoisotopic (exact) mass is 436 g/mol. The second kappa shape index (κ2) is 9.82. The summed E-state index contributed by atoms with van der Waals surface area (Å²) >= 11 is 0. The molecule has 6 nitrogen and oxygen atoms in total. The Kier molecular flexibility index (Phi) is 7.38. The fraction of sp³-hybridized carbons (Fsp3) is 0.435. The van der Waals surface area contributed by atoms with E-state index in [2.05, 4.69) is 0 Å². The van der Waals surface area contributed by atoms with E-state index in [-0.39, 0.29) is 18.8 Å². The molecule has 0 radical (unpaired) electrons. The zero-order valence-electron chi connectivity index (χ0n) is 17.4. The Balaban J connectivity index is 1.69. The van der Waals surface area contributed by atoms with Crippen LogP contribution in [-0.2, 0) is 25.6 Å². The van der Waals surface area contributed by atoms with Gasteiger partial charge in [-0.25, -0.2) is 13.6 Å². The molecule has 0 amide bonds. The first kappa shape index (κ1) is 23.3. The summed E-state index contributed by atoms with van der Waals surface area (Å²) in [6.07, 6.45) is -5.23. The van der Waals surface area contributed by atoms with Crippen molar-refractivity contribution in [2.24, 2.45) is 0 Å². The lowest BCUT2D eigenvalue weighted by atomic mass is 10.0. The highest BCUT2D eigenvalue weighted by Gasteiger charge is 2.55. The van der Waals surface area contributed by atoms with Crippen LogP contribution >= 0.6 is 0 Å². The number of hydrogen-bond donors (Lipinski definition) is 1. The van der Waals surface area contributed by atoms with Gasteiger partial charge in [0.25, 0.3) is 0 Å². The summed E-state index contributed by atoms with van der Waals surface area (Å²) in [6, 6.07) is 16.7.